The summed E-state index contributed by atoms with van der Waals surface area (Å²) in [6, 6.07) is 0.183. The van der Waals surface area contributed by atoms with Crippen molar-refractivity contribution < 1.29 is 0 Å². The number of hydrogen-bond acceptors (Lipinski definition) is 2. The fourth-order valence-corrected chi connectivity index (χ4v) is 1.96. The monoisotopic (exact) mass is 243 g/mol. The Labute approximate surface area is 103 Å². The second-order valence-electron chi connectivity index (χ2n) is 5.49. The first-order chi connectivity index (χ1) is 7.23. The van der Waals surface area contributed by atoms with E-state index in [1.54, 1.807) is 4.68 Å². The Morgan fingerprint density at radius 2 is 2.00 bits per heavy atom. The molecule has 1 unspecified atom stereocenters. The number of nitrogens with two attached hydrogens (primary N) is 1. The van der Waals surface area contributed by atoms with Gasteiger partial charge in [-0.15, -0.1) is 0 Å². The van der Waals surface area contributed by atoms with Crippen LogP contribution in [0.1, 0.15) is 38.4 Å². The van der Waals surface area contributed by atoms with E-state index in [1.807, 2.05) is 14.0 Å². The van der Waals surface area contributed by atoms with Crippen molar-refractivity contribution in [1.29, 1.82) is 0 Å². The first-order valence-corrected chi connectivity index (χ1v) is 6.05. The Bertz CT molecular complexity index is 363. The summed E-state index contributed by atoms with van der Waals surface area (Å²) < 4.78 is 1.72. The standard InChI is InChI=1S/C12H22ClN3/c1-8-9(11(13)16(5)15-8)6-7-10(14)12(2,3)4/h10H,6-7,14H2,1-5H3. The fourth-order valence-electron chi connectivity index (χ4n) is 1.69. The zero-order chi connectivity index (χ0) is 12.5. The van der Waals surface area contributed by atoms with Crippen LogP contribution in [0.5, 0.6) is 0 Å². The fraction of sp³-hybridized carbons (Fsp3) is 0.750. The molecule has 0 amide bonds. The highest BCUT2D eigenvalue weighted by Crippen LogP contribution is 2.25. The lowest BCUT2D eigenvalue weighted by molar-refractivity contribution is 0.306. The number of halogens is 1. The van der Waals surface area contributed by atoms with Crippen LogP contribution in [0.3, 0.4) is 0 Å². The summed E-state index contributed by atoms with van der Waals surface area (Å²) in [4.78, 5) is 0. The summed E-state index contributed by atoms with van der Waals surface area (Å²) in [5.41, 5.74) is 8.41. The topological polar surface area (TPSA) is 43.8 Å². The van der Waals surface area contributed by atoms with Crippen LogP contribution in [0.25, 0.3) is 0 Å². The maximum atomic E-state index is 6.17. The van der Waals surface area contributed by atoms with Crippen molar-refractivity contribution in [3.05, 3.63) is 16.4 Å². The van der Waals surface area contributed by atoms with Gasteiger partial charge in [0.15, 0.2) is 0 Å². The number of rotatable bonds is 3. The highest BCUT2D eigenvalue weighted by atomic mass is 35.5. The van der Waals surface area contributed by atoms with Gasteiger partial charge in [-0.1, -0.05) is 32.4 Å². The van der Waals surface area contributed by atoms with Crippen LogP contribution in [0.4, 0.5) is 0 Å². The molecule has 0 aliphatic heterocycles. The summed E-state index contributed by atoms with van der Waals surface area (Å²) in [5.74, 6) is 0. The van der Waals surface area contributed by atoms with Crippen LogP contribution in [0.2, 0.25) is 5.15 Å². The zero-order valence-electron chi connectivity index (χ0n) is 10.8. The first kappa shape index (κ1) is 13.5. The average molecular weight is 244 g/mol. The Hall–Kier alpha value is -0.540. The Balaban J connectivity index is 2.68. The number of aromatic nitrogens is 2. The van der Waals surface area contributed by atoms with Gasteiger partial charge >= 0.3 is 0 Å². The van der Waals surface area contributed by atoms with Crippen LogP contribution in [-0.4, -0.2) is 15.8 Å². The number of aryl methyl sites for hydroxylation is 2. The van der Waals surface area contributed by atoms with Crippen molar-refractivity contribution in [2.24, 2.45) is 18.2 Å². The summed E-state index contributed by atoms with van der Waals surface area (Å²) in [7, 11) is 1.86. The van der Waals surface area contributed by atoms with E-state index in [1.165, 1.54) is 0 Å². The molecule has 1 atom stereocenters. The molecule has 0 saturated carbocycles. The minimum atomic E-state index is 0.141. The van der Waals surface area contributed by atoms with Crippen molar-refractivity contribution in [2.75, 3.05) is 0 Å². The van der Waals surface area contributed by atoms with Crippen molar-refractivity contribution in [1.82, 2.24) is 9.78 Å². The van der Waals surface area contributed by atoms with Crippen LogP contribution in [0, 0.1) is 12.3 Å². The van der Waals surface area contributed by atoms with Gasteiger partial charge in [0.25, 0.3) is 0 Å². The molecule has 0 aromatic carbocycles. The molecule has 1 aromatic rings. The zero-order valence-corrected chi connectivity index (χ0v) is 11.6. The van der Waals surface area contributed by atoms with E-state index in [9.17, 15) is 0 Å². The SMILES string of the molecule is Cc1nn(C)c(Cl)c1CCC(N)C(C)(C)C. The highest BCUT2D eigenvalue weighted by molar-refractivity contribution is 6.30. The molecular formula is C12H22ClN3. The van der Waals surface area contributed by atoms with Gasteiger partial charge in [-0.3, -0.25) is 4.68 Å². The normalized spacial score (nSPS) is 14.2. The molecule has 0 saturated heterocycles. The number of hydrogen-bond donors (Lipinski definition) is 1. The smallest absolute Gasteiger partial charge is 0.130 e. The van der Waals surface area contributed by atoms with Gasteiger partial charge in [-0.25, -0.2) is 0 Å². The van der Waals surface area contributed by atoms with Gasteiger partial charge in [-0.2, -0.15) is 5.10 Å². The van der Waals surface area contributed by atoms with E-state index in [0.717, 1.165) is 29.3 Å². The minimum absolute atomic E-state index is 0.141. The first-order valence-electron chi connectivity index (χ1n) is 5.67. The van der Waals surface area contributed by atoms with Gasteiger partial charge in [0.1, 0.15) is 5.15 Å². The average Bonchev–Trinajstić information content (AvgIpc) is 2.37. The van der Waals surface area contributed by atoms with Crippen molar-refractivity contribution in [3.63, 3.8) is 0 Å². The molecule has 1 heterocycles. The van der Waals surface area contributed by atoms with Gasteiger partial charge in [-0.05, 0) is 25.2 Å². The molecule has 92 valence electrons. The Morgan fingerprint density at radius 1 is 1.44 bits per heavy atom. The van der Waals surface area contributed by atoms with E-state index in [0.29, 0.717) is 0 Å². The summed E-state index contributed by atoms with van der Waals surface area (Å²) >= 11 is 6.17. The molecule has 0 aliphatic carbocycles. The maximum Gasteiger partial charge on any atom is 0.130 e. The van der Waals surface area contributed by atoms with Crippen molar-refractivity contribution in [3.8, 4) is 0 Å². The van der Waals surface area contributed by atoms with Crippen LogP contribution < -0.4 is 5.73 Å². The third-order valence-corrected chi connectivity index (χ3v) is 3.56. The van der Waals surface area contributed by atoms with E-state index in [4.69, 9.17) is 17.3 Å². The van der Waals surface area contributed by atoms with Gasteiger partial charge < -0.3 is 5.73 Å². The van der Waals surface area contributed by atoms with Crippen LogP contribution >= 0.6 is 11.6 Å². The lowest BCUT2D eigenvalue weighted by Gasteiger charge is -2.26. The molecule has 4 heteroatoms. The van der Waals surface area contributed by atoms with Crippen LogP contribution in [0.15, 0.2) is 0 Å². The molecule has 1 rings (SSSR count). The van der Waals surface area contributed by atoms with Crippen molar-refractivity contribution in [2.45, 2.75) is 46.6 Å². The Kier molecular flexibility index (Phi) is 4.02. The predicted octanol–water partition coefficient (Wildman–Crippen LogP) is 2.69. The predicted molar refractivity (Wildman–Crippen MR) is 68.7 cm³/mol. The molecule has 16 heavy (non-hydrogen) atoms. The largest absolute Gasteiger partial charge is 0.327 e. The third-order valence-electron chi connectivity index (χ3n) is 3.09. The number of nitrogens with zero attached hydrogens (tertiary/aromatic N) is 2. The molecule has 0 fully saturated rings. The molecule has 0 radical (unpaired) electrons. The van der Waals surface area contributed by atoms with Gasteiger partial charge in [0.05, 0.1) is 5.69 Å². The van der Waals surface area contributed by atoms with Gasteiger partial charge in [0, 0.05) is 18.7 Å². The summed E-state index contributed by atoms with van der Waals surface area (Å²) in [6.45, 7) is 8.48. The third kappa shape index (κ3) is 2.98. The second-order valence-corrected chi connectivity index (χ2v) is 5.85. The molecule has 0 aliphatic rings. The molecule has 3 nitrogen and oxygen atoms in total. The van der Waals surface area contributed by atoms with E-state index in [-0.39, 0.29) is 11.5 Å². The Morgan fingerprint density at radius 3 is 2.38 bits per heavy atom. The van der Waals surface area contributed by atoms with E-state index < -0.39 is 0 Å². The lowest BCUT2D eigenvalue weighted by Crippen LogP contribution is -2.35. The quantitative estimate of drug-likeness (QED) is 0.887. The molecular weight excluding hydrogens is 222 g/mol. The maximum absolute atomic E-state index is 6.17. The van der Waals surface area contributed by atoms with Gasteiger partial charge in [0.2, 0.25) is 0 Å². The lowest BCUT2D eigenvalue weighted by atomic mass is 9.84. The molecule has 1 aromatic heterocycles. The minimum Gasteiger partial charge on any atom is -0.327 e. The molecule has 0 spiro atoms. The van der Waals surface area contributed by atoms with Crippen LogP contribution in [-0.2, 0) is 13.5 Å². The molecule has 2 N–H and O–H groups in total. The summed E-state index contributed by atoms with van der Waals surface area (Å²) in [6.07, 6.45) is 1.84. The van der Waals surface area contributed by atoms with E-state index in [2.05, 4.69) is 25.9 Å². The highest BCUT2D eigenvalue weighted by Gasteiger charge is 2.21. The van der Waals surface area contributed by atoms with Crippen molar-refractivity contribution >= 4 is 11.6 Å². The summed E-state index contributed by atoms with van der Waals surface area (Å²) in [5, 5.41) is 5.03. The second kappa shape index (κ2) is 4.76. The van der Waals surface area contributed by atoms with E-state index >= 15 is 0 Å². The molecule has 0 bridgehead atoms.